The van der Waals surface area contributed by atoms with Crippen LogP contribution in [0, 0.1) is 12.7 Å². The molecule has 0 amide bonds. The number of piperazine rings is 1. The number of aliphatic hydroxyl groups excluding tert-OH is 1. The summed E-state index contributed by atoms with van der Waals surface area (Å²) in [4.78, 5) is 4.59. The Morgan fingerprint density at radius 3 is 2.05 bits per heavy atom. The van der Waals surface area contributed by atoms with E-state index < -0.39 is 15.7 Å². The summed E-state index contributed by atoms with van der Waals surface area (Å²) in [5.74, 6) is -0.466. The van der Waals surface area contributed by atoms with Crippen LogP contribution in [0.3, 0.4) is 0 Å². The van der Waals surface area contributed by atoms with Crippen molar-refractivity contribution in [3.8, 4) is 22.4 Å². The molecule has 2 heterocycles. The van der Waals surface area contributed by atoms with E-state index in [1.54, 1.807) is 25.1 Å². The van der Waals surface area contributed by atoms with Crippen molar-refractivity contribution >= 4 is 38.5 Å². The molecule has 1 aliphatic rings. The van der Waals surface area contributed by atoms with E-state index in [2.05, 4.69) is 27.2 Å². The van der Waals surface area contributed by atoms with Gasteiger partial charge in [0.25, 0.3) is 0 Å². The first kappa shape index (κ1) is 30.9. The largest absolute Gasteiger partial charge is 0.395 e. The Hall–Kier alpha value is -3.53. The predicted octanol–water partition coefficient (Wildman–Crippen LogP) is 6.64. The highest BCUT2D eigenvalue weighted by Gasteiger charge is 2.31. The Kier molecular flexibility index (Phi) is 9.06. The molecule has 0 bridgehead atoms. The second-order valence-corrected chi connectivity index (χ2v) is 13.6. The van der Waals surface area contributed by atoms with Crippen molar-refractivity contribution in [3.63, 3.8) is 0 Å². The molecule has 0 spiro atoms. The van der Waals surface area contributed by atoms with Gasteiger partial charge in [0.05, 0.1) is 17.2 Å². The number of hydrogen-bond acceptors (Lipinski definition) is 6. The molecular formula is C33H38ClFN4O3S. The molecule has 43 heavy (non-hydrogen) atoms. The van der Waals surface area contributed by atoms with Crippen LogP contribution in [-0.2, 0) is 9.84 Å². The monoisotopic (exact) mass is 624 g/mol. The standard InChI is InChI=1S/C33H38ClFN4O3S/c1-22(2)39-23(3)33(43(4,41)42)31(32(39)24-5-7-25(34)8-6-24)29-14-13-28(21-30(29)35)38-18-16-37(17-19-38)27-11-9-26(10-12-27)36-15-20-40/h5-14,21-22,36,40H,15-20H2,1-4H3. The smallest absolute Gasteiger partial charge is 0.177 e. The molecule has 0 unspecified atom stereocenters. The maximum absolute atomic E-state index is 16.1. The molecule has 0 atom stereocenters. The molecule has 4 aromatic rings. The zero-order valence-electron chi connectivity index (χ0n) is 24.9. The van der Waals surface area contributed by atoms with Crippen LogP contribution >= 0.6 is 11.6 Å². The lowest BCUT2D eigenvalue weighted by atomic mass is 9.99. The quantitative estimate of drug-likeness (QED) is 0.217. The fraction of sp³-hybridized carbons (Fsp3) is 0.333. The molecule has 1 saturated heterocycles. The number of anilines is 3. The van der Waals surface area contributed by atoms with Gasteiger partial charge in [-0.25, -0.2) is 12.8 Å². The van der Waals surface area contributed by atoms with E-state index in [4.69, 9.17) is 16.7 Å². The molecule has 0 aliphatic carbocycles. The van der Waals surface area contributed by atoms with Gasteiger partial charge < -0.3 is 24.8 Å². The average Bonchev–Trinajstić information content (AvgIpc) is 3.30. The van der Waals surface area contributed by atoms with E-state index in [1.807, 2.05) is 48.7 Å². The highest BCUT2D eigenvalue weighted by Crippen LogP contribution is 2.44. The first-order valence-electron chi connectivity index (χ1n) is 14.4. The van der Waals surface area contributed by atoms with Crippen LogP contribution in [0.25, 0.3) is 22.4 Å². The maximum atomic E-state index is 16.1. The maximum Gasteiger partial charge on any atom is 0.177 e. The topological polar surface area (TPSA) is 77.8 Å². The number of halogens is 2. The predicted molar refractivity (Wildman–Crippen MR) is 175 cm³/mol. The van der Waals surface area contributed by atoms with Crippen LogP contribution in [0.1, 0.15) is 25.6 Å². The third-order valence-electron chi connectivity index (χ3n) is 7.94. The minimum atomic E-state index is -3.70. The van der Waals surface area contributed by atoms with Gasteiger partial charge in [0.1, 0.15) is 5.82 Å². The zero-order valence-corrected chi connectivity index (χ0v) is 26.5. The van der Waals surface area contributed by atoms with Gasteiger partial charge in [0.2, 0.25) is 0 Å². The molecular weight excluding hydrogens is 587 g/mol. The lowest BCUT2D eigenvalue weighted by molar-refractivity contribution is 0.311. The van der Waals surface area contributed by atoms with Gasteiger partial charge in [-0.2, -0.15) is 0 Å². The lowest BCUT2D eigenvalue weighted by Crippen LogP contribution is -2.46. The number of nitrogens with zero attached hydrogens (tertiary/aromatic N) is 3. The first-order valence-corrected chi connectivity index (χ1v) is 16.7. The Balaban J connectivity index is 1.46. The van der Waals surface area contributed by atoms with E-state index in [1.165, 1.54) is 12.3 Å². The molecule has 10 heteroatoms. The Morgan fingerprint density at radius 2 is 1.51 bits per heavy atom. The van der Waals surface area contributed by atoms with Crippen molar-refractivity contribution in [3.05, 3.63) is 83.3 Å². The van der Waals surface area contributed by atoms with E-state index in [9.17, 15) is 8.42 Å². The lowest BCUT2D eigenvalue weighted by Gasteiger charge is -2.37. The summed E-state index contributed by atoms with van der Waals surface area (Å²) in [5, 5.41) is 12.7. The molecule has 5 rings (SSSR count). The molecule has 7 nitrogen and oxygen atoms in total. The van der Waals surface area contributed by atoms with Crippen molar-refractivity contribution in [2.45, 2.75) is 31.7 Å². The summed E-state index contributed by atoms with van der Waals surface area (Å²) in [6.07, 6.45) is 1.18. The van der Waals surface area contributed by atoms with Crippen LogP contribution in [-0.4, -0.2) is 63.7 Å². The second-order valence-electron chi connectivity index (χ2n) is 11.2. The van der Waals surface area contributed by atoms with Crippen molar-refractivity contribution in [1.29, 1.82) is 0 Å². The number of benzene rings is 3. The van der Waals surface area contributed by atoms with Crippen molar-refractivity contribution in [2.24, 2.45) is 0 Å². The Bertz CT molecular complexity index is 1700. The SMILES string of the molecule is Cc1c(S(C)(=O)=O)c(-c2ccc(N3CCN(c4ccc(NCCO)cc4)CC3)cc2F)c(-c2ccc(Cl)cc2)n1C(C)C. The minimum Gasteiger partial charge on any atom is -0.395 e. The van der Waals surface area contributed by atoms with Crippen LogP contribution in [0.5, 0.6) is 0 Å². The molecule has 228 valence electrons. The number of sulfone groups is 1. The van der Waals surface area contributed by atoms with Crippen molar-refractivity contribution in [2.75, 3.05) is 60.7 Å². The van der Waals surface area contributed by atoms with Crippen LogP contribution < -0.4 is 15.1 Å². The van der Waals surface area contributed by atoms with Gasteiger partial charge in [-0.1, -0.05) is 23.7 Å². The van der Waals surface area contributed by atoms with Crippen LogP contribution in [0.4, 0.5) is 21.5 Å². The number of hydrogen-bond donors (Lipinski definition) is 2. The van der Waals surface area contributed by atoms with Gasteiger partial charge in [-0.3, -0.25) is 0 Å². The summed E-state index contributed by atoms with van der Waals surface area (Å²) in [7, 11) is -3.70. The van der Waals surface area contributed by atoms with E-state index in [0.29, 0.717) is 28.5 Å². The van der Waals surface area contributed by atoms with Gasteiger partial charge in [-0.05, 0) is 80.9 Å². The fourth-order valence-corrected chi connectivity index (χ4v) is 7.38. The molecule has 2 N–H and O–H groups in total. The number of aromatic nitrogens is 1. The molecule has 3 aromatic carbocycles. The Morgan fingerprint density at radius 1 is 0.930 bits per heavy atom. The number of aliphatic hydroxyl groups is 1. The summed E-state index contributed by atoms with van der Waals surface area (Å²) in [5.41, 5.74) is 5.47. The molecule has 0 saturated carbocycles. The second kappa shape index (κ2) is 12.6. The number of nitrogens with one attached hydrogen (secondary N) is 1. The number of rotatable bonds is 9. The summed E-state index contributed by atoms with van der Waals surface area (Å²) >= 11 is 6.17. The zero-order chi connectivity index (χ0) is 30.9. The highest BCUT2D eigenvalue weighted by atomic mass is 35.5. The molecule has 1 aromatic heterocycles. The van der Waals surface area contributed by atoms with E-state index >= 15 is 4.39 Å². The summed E-state index contributed by atoms with van der Waals surface area (Å²) < 4.78 is 44.5. The molecule has 0 radical (unpaired) electrons. The Labute approximate surface area is 258 Å². The molecule has 1 fully saturated rings. The van der Waals surface area contributed by atoms with E-state index in [-0.39, 0.29) is 23.1 Å². The average molecular weight is 625 g/mol. The third-order valence-corrected chi connectivity index (χ3v) is 9.43. The van der Waals surface area contributed by atoms with Gasteiger partial charge in [0, 0.05) is 83.9 Å². The van der Waals surface area contributed by atoms with Crippen molar-refractivity contribution < 1.29 is 17.9 Å². The van der Waals surface area contributed by atoms with Crippen LogP contribution in [0.15, 0.2) is 71.6 Å². The third kappa shape index (κ3) is 6.39. The highest BCUT2D eigenvalue weighted by molar-refractivity contribution is 7.91. The van der Waals surface area contributed by atoms with Crippen LogP contribution in [0.2, 0.25) is 5.02 Å². The van der Waals surface area contributed by atoms with Gasteiger partial charge >= 0.3 is 0 Å². The van der Waals surface area contributed by atoms with E-state index in [0.717, 1.165) is 48.8 Å². The normalized spacial score (nSPS) is 14.0. The van der Waals surface area contributed by atoms with Crippen molar-refractivity contribution in [1.82, 2.24) is 4.57 Å². The van der Waals surface area contributed by atoms with Gasteiger partial charge in [-0.15, -0.1) is 0 Å². The molecule has 1 aliphatic heterocycles. The first-order chi connectivity index (χ1) is 20.5. The minimum absolute atomic E-state index is 0.0634. The van der Waals surface area contributed by atoms with Gasteiger partial charge in [0.15, 0.2) is 9.84 Å². The fourth-order valence-electron chi connectivity index (χ4n) is 6.04. The summed E-state index contributed by atoms with van der Waals surface area (Å²) in [6, 6.07) is 20.4. The summed E-state index contributed by atoms with van der Waals surface area (Å²) in [6.45, 7) is 9.35.